The first-order valence-electron chi connectivity index (χ1n) is 6.20. The van der Waals surface area contributed by atoms with Crippen molar-refractivity contribution in [1.82, 2.24) is 15.2 Å². The fourth-order valence-electron chi connectivity index (χ4n) is 1.65. The molecule has 0 atom stereocenters. The molecule has 0 saturated heterocycles. The van der Waals surface area contributed by atoms with Crippen LogP contribution in [0.1, 0.15) is 17.3 Å². The molecule has 3 aromatic heterocycles. The zero-order valence-electron chi connectivity index (χ0n) is 11.5. The van der Waals surface area contributed by atoms with Crippen molar-refractivity contribution in [2.45, 2.75) is 23.7 Å². The van der Waals surface area contributed by atoms with Crippen LogP contribution >= 0.6 is 34.9 Å². The Morgan fingerprint density at radius 2 is 2.10 bits per heavy atom. The van der Waals surface area contributed by atoms with E-state index in [1.807, 2.05) is 30.7 Å². The van der Waals surface area contributed by atoms with Gasteiger partial charge < -0.3 is 8.83 Å². The molecule has 0 radical (unpaired) electrons. The van der Waals surface area contributed by atoms with Crippen molar-refractivity contribution in [3.05, 3.63) is 34.9 Å². The first kappa shape index (κ1) is 14.7. The highest BCUT2D eigenvalue weighted by atomic mass is 32.2. The summed E-state index contributed by atoms with van der Waals surface area (Å²) in [4.78, 5) is 4.56. The molecule has 0 aliphatic rings. The first-order chi connectivity index (χ1) is 10.2. The molecule has 0 unspecified atom stereocenters. The van der Waals surface area contributed by atoms with Gasteiger partial charge in [0.2, 0.25) is 5.89 Å². The van der Waals surface area contributed by atoms with Crippen molar-refractivity contribution < 1.29 is 8.83 Å². The summed E-state index contributed by atoms with van der Waals surface area (Å²) in [6.07, 6.45) is 2.00. The molecule has 0 N–H and O–H groups in total. The van der Waals surface area contributed by atoms with E-state index in [9.17, 15) is 0 Å². The second-order valence-corrected chi connectivity index (χ2v) is 6.89. The van der Waals surface area contributed by atoms with Gasteiger partial charge >= 0.3 is 0 Å². The van der Waals surface area contributed by atoms with Crippen LogP contribution in [-0.4, -0.2) is 21.4 Å². The van der Waals surface area contributed by atoms with Crippen molar-refractivity contribution in [3.63, 3.8) is 0 Å². The second-order valence-electron chi connectivity index (χ2n) is 4.24. The van der Waals surface area contributed by atoms with Gasteiger partial charge in [-0.15, -0.1) is 21.5 Å². The zero-order valence-corrected chi connectivity index (χ0v) is 14.0. The minimum Gasteiger partial charge on any atom is -0.459 e. The van der Waals surface area contributed by atoms with Crippen LogP contribution in [0.25, 0.3) is 10.8 Å². The van der Waals surface area contributed by atoms with Gasteiger partial charge in [0.1, 0.15) is 5.76 Å². The van der Waals surface area contributed by atoms with Gasteiger partial charge in [0.05, 0.1) is 11.4 Å². The van der Waals surface area contributed by atoms with Crippen molar-refractivity contribution >= 4 is 34.9 Å². The minimum absolute atomic E-state index is 0.586. The van der Waals surface area contributed by atoms with Crippen LogP contribution in [0.2, 0.25) is 0 Å². The fraction of sp³-hybridized carbons (Fsp3) is 0.308. The Bertz CT molecular complexity index is 720. The number of hydrogen-bond acceptors (Lipinski definition) is 8. The quantitative estimate of drug-likeness (QED) is 0.622. The number of thioether (sulfide) groups is 2. The van der Waals surface area contributed by atoms with Crippen molar-refractivity contribution in [2.24, 2.45) is 0 Å². The largest absolute Gasteiger partial charge is 0.459 e. The van der Waals surface area contributed by atoms with Gasteiger partial charge in [-0.05, 0) is 25.3 Å². The second kappa shape index (κ2) is 6.67. The van der Waals surface area contributed by atoms with Crippen molar-refractivity contribution in [3.8, 4) is 10.8 Å². The molecule has 3 heterocycles. The lowest BCUT2D eigenvalue weighted by atomic mass is 10.4. The zero-order chi connectivity index (χ0) is 14.7. The van der Waals surface area contributed by atoms with Crippen molar-refractivity contribution in [1.29, 1.82) is 0 Å². The highest BCUT2D eigenvalue weighted by Crippen LogP contribution is 2.28. The average Bonchev–Trinajstić information content (AvgIpc) is 3.17. The Morgan fingerprint density at radius 1 is 1.19 bits per heavy atom. The molecule has 8 heteroatoms. The lowest BCUT2D eigenvalue weighted by Crippen LogP contribution is -1.81. The molecule has 0 amide bonds. The first-order valence-corrected chi connectivity index (χ1v) is 9.46. The van der Waals surface area contributed by atoms with Crippen LogP contribution < -0.4 is 0 Å². The molecular formula is C13H13N3O2S3. The van der Waals surface area contributed by atoms with Gasteiger partial charge in [0.15, 0.2) is 10.8 Å². The molecule has 110 valence electrons. The van der Waals surface area contributed by atoms with Crippen LogP contribution in [0.3, 0.4) is 0 Å². The van der Waals surface area contributed by atoms with E-state index < -0.39 is 0 Å². The van der Waals surface area contributed by atoms with E-state index in [4.69, 9.17) is 8.83 Å². The van der Waals surface area contributed by atoms with E-state index in [2.05, 4.69) is 15.2 Å². The minimum atomic E-state index is 0.586. The Morgan fingerprint density at radius 3 is 2.86 bits per heavy atom. The molecule has 0 bridgehead atoms. The number of rotatable bonds is 6. The molecule has 0 spiro atoms. The van der Waals surface area contributed by atoms with E-state index in [1.54, 1.807) is 23.1 Å². The molecule has 0 aliphatic carbocycles. The van der Waals surface area contributed by atoms with E-state index in [-0.39, 0.29) is 0 Å². The Labute approximate surface area is 134 Å². The van der Waals surface area contributed by atoms with Crippen LogP contribution in [0, 0.1) is 6.92 Å². The molecule has 0 aromatic carbocycles. The van der Waals surface area contributed by atoms with Gasteiger partial charge in [-0.1, -0.05) is 11.8 Å². The van der Waals surface area contributed by atoms with Crippen LogP contribution in [0.5, 0.6) is 0 Å². The van der Waals surface area contributed by atoms with E-state index in [0.717, 1.165) is 28.0 Å². The Kier molecular flexibility index (Phi) is 4.67. The smallest absolute Gasteiger partial charge is 0.276 e. The maximum atomic E-state index is 5.57. The normalized spacial score (nSPS) is 11.1. The van der Waals surface area contributed by atoms with Crippen LogP contribution in [-0.2, 0) is 11.5 Å². The highest BCUT2D eigenvalue weighted by Gasteiger charge is 2.11. The van der Waals surface area contributed by atoms with E-state index >= 15 is 0 Å². The predicted molar refractivity (Wildman–Crippen MR) is 85.6 cm³/mol. The van der Waals surface area contributed by atoms with E-state index in [1.165, 1.54) is 11.8 Å². The summed E-state index contributed by atoms with van der Waals surface area (Å²) in [7, 11) is 0. The van der Waals surface area contributed by atoms with Gasteiger partial charge in [-0.25, -0.2) is 4.98 Å². The predicted octanol–water partition coefficient (Wildman–Crippen LogP) is 4.25. The molecule has 3 aromatic rings. The third-order valence-corrected chi connectivity index (χ3v) is 4.86. The van der Waals surface area contributed by atoms with Gasteiger partial charge in [-0.3, -0.25) is 0 Å². The molecular weight excluding hydrogens is 326 g/mol. The highest BCUT2D eigenvalue weighted by molar-refractivity contribution is 7.98. The number of aromatic nitrogens is 3. The SMILES string of the molecule is CSCc1nnc(SCc2csc(-c3ccc(C)o3)n2)o1. The number of aryl methyl sites for hydroxylation is 1. The number of nitrogens with zero attached hydrogens (tertiary/aromatic N) is 3. The van der Waals surface area contributed by atoms with Crippen LogP contribution in [0.4, 0.5) is 0 Å². The standard InChI is InChI=1S/C13H13N3O2S3/c1-8-3-4-10(17-8)12-14-9(5-20-12)6-21-13-16-15-11(18-13)7-19-2/h3-5H,6-7H2,1-2H3. The Hall–Kier alpha value is -1.25. The molecule has 0 aliphatic heterocycles. The summed E-state index contributed by atoms with van der Waals surface area (Å²) < 4.78 is 11.1. The third-order valence-electron chi connectivity index (χ3n) is 2.56. The maximum absolute atomic E-state index is 5.57. The fourth-order valence-corrected chi connectivity index (χ4v) is 3.57. The lowest BCUT2D eigenvalue weighted by molar-refractivity contribution is 0.426. The maximum Gasteiger partial charge on any atom is 0.276 e. The number of thiazole rings is 1. The average molecular weight is 339 g/mol. The summed E-state index contributed by atoms with van der Waals surface area (Å²) in [5, 5.41) is 11.5. The molecule has 21 heavy (non-hydrogen) atoms. The molecule has 0 fully saturated rings. The molecule has 3 rings (SSSR count). The molecule has 0 saturated carbocycles. The summed E-state index contributed by atoms with van der Waals surface area (Å²) >= 11 is 4.73. The van der Waals surface area contributed by atoms with Gasteiger partial charge in [-0.2, -0.15) is 11.8 Å². The number of furan rings is 1. The third kappa shape index (κ3) is 3.69. The Balaban J connectivity index is 1.61. The van der Waals surface area contributed by atoms with Crippen molar-refractivity contribution in [2.75, 3.05) is 6.26 Å². The van der Waals surface area contributed by atoms with Crippen LogP contribution in [0.15, 0.2) is 31.6 Å². The summed E-state index contributed by atoms with van der Waals surface area (Å²) in [5.74, 6) is 3.82. The summed E-state index contributed by atoms with van der Waals surface area (Å²) in [5.41, 5.74) is 0.985. The number of hydrogen-bond donors (Lipinski definition) is 0. The molecule has 5 nitrogen and oxygen atoms in total. The van der Waals surface area contributed by atoms with Gasteiger partial charge in [0, 0.05) is 11.1 Å². The monoisotopic (exact) mass is 339 g/mol. The summed E-state index contributed by atoms with van der Waals surface area (Å²) in [6, 6.07) is 3.88. The topological polar surface area (TPSA) is 65.0 Å². The lowest BCUT2D eigenvalue weighted by Gasteiger charge is -1.92. The van der Waals surface area contributed by atoms with E-state index in [0.29, 0.717) is 16.9 Å². The van der Waals surface area contributed by atoms with Gasteiger partial charge in [0.25, 0.3) is 5.22 Å². The summed E-state index contributed by atoms with van der Waals surface area (Å²) in [6.45, 7) is 1.93.